The Hall–Kier alpha value is -3.46. The second kappa shape index (κ2) is 6.81. The molecule has 0 bridgehead atoms. The van der Waals surface area contributed by atoms with Crippen molar-refractivity contribution in [2.24, 2.45) is 0 Å². The van der Waals surface area contributed by atoms with Gasteiger partial charge in [-0.05, 0) is 24.6 Å². The van der Waals surface area contributed by atoms with Gasteiger partial charge in [0, 0.05) is 17.8 Å². The lowest BCUT2D eigenvalue weighted by Gasteiger charge is -2.01. The summed E-state index contributed by atoms with van der Waals surface area (Å²) in [6.45, 7) is 1.96. The van der Waals surface area contributed by atoms with E-state index in [1.165, 1.54) is 24.1 Å². The van der Waals surface area contributed by atoms with Gasteiger partial charge in [0.25, 0.3) is 5.91 Å². The van der Waals surface area contributed by atoms with Gasteiger partial charge in [-0.1, -0.05) is 6.07 Å². The van der Waals surface area contributed by atoms with Gasteiger partial charge in [-0.2, -0.15) is 0 Å². The molecule has 1 amide bonds. The molecule has 4 heterocycles. The van der Waals surface area contributed by atoms with Crippen molar-refractivity contribution in [1.29, 1.82) is 0 Å². The van der Waals surface area contributed by atoms with Gasteiger partial charge in [0.2, 0.25) is 5.76 Å². The van der Waals surface area contributed by atoms with E-state index in [2.05, 4.69) is 30.2 Å². The fraction of sp³-hybridized carbons (Fsp3) is 0.0588. The fourth-order valence-electron chi connectivity index (χ4n) is 2.37. The van der Waals surface area contributed by atoms with Crippen molar-refractivity contribution in [3.63, 3.8) is 0 Å². The van der Waals surface area contributed by atoms with Crippen LogP contribution in [0.2, 0.25) is 0 Å². The zero-order valence-electron chi connectivity index (χ0n) is 13.6. The first-order chi connectivity index (χ1) is 12.7. The first-order valence-electron chi connectivity index (χ1n) is 7.61. The molecule has 4 aromatic heterocycles. The number of aryl methyl sites for hydroxylation is 1. The third-order valence-corrected chi connectivity index (χ3v) is 4.33. The molecule has 0 unspecified atom stereocenters. The van der Waals surface area contributed by atoms with Crippen LogP contribution in [0.25, 0.3) is 22.8 Å². The van der Waals surface area contributed by atoms with E-state index in [1.54, 1.807) is 18.5 Å². The van der Waals surface area contributed by atoms with E-state index in [0.717, 1.165) is 11.3 Å². The van der Waals surface area contributed by atoms with Crippen LogP contribution in [0.4, 0.5) is 5.13 Å². The number of rotatable bonds is 4. The number of hydrogen-bond acceptors (Lipinski definition) is 8. The smallest absolute Gasteiger partial charge is 0.295 e. The summed E-state index contributed by atoms with van der Waals surface area (Å²) >= 11 is 1.31. The second-order valence-corrected chi connectivity index (χ2v) is 6.14. The molecule has 0 saturated carbocycles. The molecule has 0 aliphatic heterocycles. The van der Waals surface area contributed by atoms with E-state index < -0.39 is 5.91 Å². The molecule has 0 spiro atoms. The Morgan fingerprint density at radius 1 is 1.12 bits per heavy atom. The molecule has 4 aromatic rings. The van der Waals surface area contributed by atoms with Gasteiger partial charge in [-0.3, -0.25) is 15.1 Å². The maximum Gasteiger partial charge on any atom is 0.295 e. The van der Waals surface area contributed by atoms with Crippen molar-refractivity contribution < 1.29 is 9.21 Å². The highest BCUT2D eigenvalue weighted by atomic mass is 32.1. The molecular formula is C17H12N6O2S. The van der Waals surface area contributed by atoms with E-state index in [1.807, 2.05) is 24.4 Å². The summed E-state index contributed by atoms with van der Waals surface area (Å²) in [5.74, 6) is -0.385. The summed E-state index contributed by atoms with van der Waals surface area (Å²) in [4.78, 5) is 33.3. The summed E-state index contributed by atoms with van der Waals surface area (Å²) in [5, 5.41) is 5.02. The quantitative estimate of drug-likeness (QED) is 0.592. The third-order valence-electron chi connectivity index (χ3n) is 3.57. The number of oxazole rings is 1. The van der Waals surface area contributed by atoms with Gasteiger partial charge in [0.15, 0.2) is 11.5 Å². The maximum atomic E-state index is 12.5. The van der Waals surface area contributed by atoms with Crippen molar-refractivity contribution in [2.75, 3.05) is 5.32 Å². The molecule has 0 aliphatic carbocycles. The molecule has 0 atom stereocenters. The minimum absolute atomic E-state index is 0.0643. The van der Waals surface area contributed by atoms with Crippen LogP contribution in [-0.2, 0) is 0 Å². The molecule has 128 valence electrons. The van der Waals surface area contributed by atoms with Crippen molar-refractivity contribution in [3.05, 3.63) is 60.0 Å². The standard InChI is InChI=1S/C17H12N6O2S/c1-10-3-2-5-19-13(10)12-7-26-17(22-12)23-16(24)15-14(21-9-25-15)11-4-6-18-8-20-11/h2-9H,1H3,(H,22,23,24). The summed E-state index contributed by atoms with van der Waals surface area (Å²) in [6, 6.07) is 5.48. The molecular weight excluding hydrogens is 352 g/mol. The zero-order valence-corrected chi connectivity index (χ0v) is 14.4. The summed E-state index contributed by atoms with van der Waals surface area (Å²) in [7, 11) is 0. The normalized spacial score (nSPS) is 10.7. The van der Waals surface area contributed by atoms with Crippen LogP contribution in [0.15, 0.2) is 53.1 Å². The zero-order chi connectivity index (χ0) is 17.9. The predicted octanol–water partition coefficient (Wildman–Crippen LogP) is 3.21. The number of nitrogens with zero attached hydrogens (tertiary/aromatic N) is 5. The maximum absolute atomic E-state index is 12.5. The molecule has 26 heavy (non-hydrogen) atoms. The number of hydrogen-bond donors (Lipinski definition) is 1. The van der Waals surface area contributed by atoms with Crippen molar-refractivity contribution in [3.8, 4) is 22.8 Å². The SMILES string of the molecule is Cc1cccnc1-c1csc(NC(=O)c2ocnc2-c2ccncn2)n1. The Bertz CT molecular complexity index is 1060. The van der Waals surface area contributed by atoms with E-state index in [0.29, 0.717) is 22.2 Å². The van der Waals surface area contributed by atoms with Gasteiger partial charge < -0.3 is 4.42 Å². The van der Waals surface area contributed by atoms with Crippen molar-refractivity contribution in [2.45, 2.75) is 6.92 Å². The first kappa shape index (κ1) is 16.0. The van der Waals surface area contributed by atoms with E-state index in [-0.39, 0.29) is 5.76 Å². The molecule has 0 saturated heterocycles. The molecule has 4 rings (SSSR count). The summed E-state index contributed by atoms with van der Waals surface area (Å²) in [5.41, 5.74) is 3.35. The summed E-state index contributed by atoms with van der Waals surface area (Å²) < 4.78 is 5.24. The van der Waals surface area contributed by atoms with Crippen LogP contribution >= 0.6 is 11.3 Å². The first-order valence-corrected chi connectivity index (χ1v) is 8.49. The Labute approximate surface area is 152 Å². The topological polar surface area (TPSA) is 107 Å². The van der Waals surface area contributed by atoms with Gasteiger partial charge in [-0.15, -0.1) is 11.3 Å². The average molecular weight is 364 g/mol. The van der Waals surface area contributed by atoms with Gasteiger partial charge in [0.05, 0.1) is 11.4 Å². The highest BCUT2D eigenvalue weighted by Gasteiger charge is 2.20. The molecule has 0 radical (unpaired) electrons. The number of anilines is 1. The van der Waals surface area contributed by atoms with Gasteiger partial charge >= 0.3 is 0 Å². The lowest BCUT2D eigenvalue weighted by atomic mass is 10.2. The lowest BCUT2D eigenvalue weighted by Crippen LogP contribution is -2.12. The number of carbonyl (C=O) groups excluding carboxylic acids is 1. The largest absolute Gasteiger partial charge is 0.438 e. The Morgan fingerprint density at radius 2 is 2.04 bits per heavy atom. The minimum atomic E-state index is -0.449. The number of amides is 1. The summed E-state index contributed by atoms with van der Waals surface area (Å²) in [6.07, 6.45) is 5.87. The predicted molar refractivity (Wildman–Crippen MR) is 95.6 cm³/mol. The molecule has 8 nitrogen and oxygen atoms in total. The van der Waals surface area contributed by atoms with Crippen molar-refractivity contribution in [1.82, 2.24) is 24.9 Å². The van der Waals surface area contributed by atoms with E-state index in [4.69, 9.17) is 4.42 Å². The molecule has 9 heteroatoms. The fourth-order valence-corrected chi connectivity index (χ4v) is 3.06. The number of carbonyl (C=O) groups is 1. The van der Waals surface area contributed by atoms with Crippen LogP contribution in [0.3, 0.4) is 0 Å². The van der Waals surface area contributed by atoms with E-state index >= 15 is 0 Å². The minimum Gasteiger partial charge on any atom is -0.438 e. The molecule has 1 N–H and O–H groups in total. The molecule has 0 fully saturated rings. The highest BCUT2D eigenvalue weighted by molar-refractivity contribution is 7.14. The van der Waals surface area contributed by atoms with Crippen molar-refractivity contribution >= 4 is 22.4 Å². The number of aromatic nitrogens is 5. The number of pyridine rings is 1. The average Bonchev–Trinajstić information content (AvgIpc) is 3.32. The van der Waals surface area contributed by atoms with Gasteiger partial charge in [-0.25, -0.2) is 19.9 Å². The second-order valence-electron chi connectivity index (χ2n) is 5.29. The van der Waals surface area contributed by atoms with Crippen LogP contribution in [-0.4, -0.2) is 30.8 Å². The van der Waals surface area contributed by atoms with Crippen LogP contribution < -0.4 is 5.32 Å². The van der Waals surface area contributed by atoms with Crippen LogP contribution in [0.1, 0.15) is 16.1 Å². The van der Waals surface area contributed by atoms with Gasteiger partial charge in [0.1, 0.15) is 17.7 Å². The van der Waals surface area contributed by atoms with Crippen LogP contribution in [0, 0.1) is 6.92 Å². The Morgan fingerprint density at radius 3 is 2.85 bits per heavy atom. The molecule has 0 aromatic carbocycles. The Kier molecular flexibility index (Phi) is 4.20. The van der Waals surface area contributed by atoms with E-state index in [9.17, 15) is 4.79 Å². The highest BCUT2D eigenvalue weighted by Crippen LogP contribution is 2.27. The Balaban J connectivity index is 1.57. The third kappa shape index (κ3) is 3.07. The number of thiazole rings is 1. The monoisotopic (exact) mass is 364 g/mol. The van der Waals surface area contributed by atoms with Crippen LogP contribution in [0.5, 0.6) is 0 Å². The lowest BCUT2D eigenvalue weighted by molar-refractivity contribution is 0.0997. The number of nitrogens with one attached hydrogen (secondary N) is 1. The molecule has 0 aliphatic rings.